The molecule has 1 aliphatic heterocycles. The number of aryl methyl sites for hydroxylation is 1. The Hall–Kier alpha value is -2.43. The van der Waals surface area contributed by atoms with E-state index < -0.39 is 0 Å². The summed E-state index contributed by atoms with van der Waals surface area (Å²) in [7, 11) is 0. The van der Waals surface area contributed by atoms with Crippen molar-refractivity contribution in [1.82, 2.24) is 0 Å². The molecule has 0 atom stereocenters. The van der Waals surface area contributed by atoms with Gasteiger partial charge in [-0.3, -0.25) is 0 Å². The molecule has 2 rings (SSSR count). The fourth-order valence-corrected chi connectivity index (χ4v) is 3.12. The van der Waals surface area contributed by atoms with Crippen molar-refractivity contribution in [1.29, 1.82) is 10.5 Å². The number of nitrogens with zero attached hydrogens (tertiary/aromatic N) is 3. The smallest absolute Gasteiger partial charge is 0.137 e. The number of allylic oxidation sites excluding steroid dienone is 6. The van der Waals surface area contributed by atoms with Gasteiger partial charge in [-0.1, -0.05) is 12.1 Å². The molecule has 0 amide bonds. The third kappa shape index (κ3) is 4.10. The van der Waals surface area contributed by atoms with Crippen molar-refractivity contribution in [2.75, 3.05) is 10.7 Å². The van der Waals surface area contributed by atoms with Crippen LogP contribution in [0.4, 0.5) is 5.69 Å². The summed E-state index contributed by atoms with van der Waals surface area (Å²) in [5, 5.41) is 18.1. The highest BCUT2D eigenvalue weighted by Gasteiger charge is 2.17. The van der Waals surface area contributed by atoms with Gasteiger partial charge >= 0.3 is 0 Å². The van der Waals surface area contributed by atoms with Gasteiger partial charge in [0.1, 0.15) is 17.7 Å². The van der Waals surface area contributed by atoms with Crippen molar-refractivity contribution >= 4 is 18.3 Å². The number of benzene rings is 1. The first kappa shape index (κ1) is 17.9. The molecule has 0 bridgehead atoms. The van der Waals surface area contributed by atoms with Crippen molar-refractivity contribution in [3.63, 3.8) is 0 Å². The minimum Gasteiger partial charge on any atom is -0.318 e. The number of thiol groups is 1. The molecule has 0 spiro atoms. The maximum absolute atomic E-state index is 9.06. The lowest BCUT2D eigenvalue weighted by Gasteiger charge is -2.30. The second kappa shape index (κ2) is 8.43. The van der Waals surface area contributed by atoms with Crippen LogP contribution in [0.15, 0.2) is 59.0 Å². The highest BCUT2D eigenvalue weighted by Crippen LogP contribution is 2.31. The first-order chi connectivity index (χ1) is 11.6. The average Bonchev–Trinajstić information content (AvgIpc) is 2.56. The highest BCUT2D eigenvalue weighted by atomic mass is 32.1. The summed E-state index contributed by atoms with van der Waals surface area (Å²) < 4.78 is 0. The van der Waals surface area contributed by atoms with E-state index in [1.807, 2.05) is 38.1 Å². The van der Waals surface area contributed by atoms with E-state index in [-0.39, 0.29) is 5.57 Å². The van der Waals surface area contributed by atoms with Crippen molar-refractivity contribution in [2.24, 2.45) is 0 Å². The molecule has 122 valence electrons. The number of anilines is 1. The Morgan fingerprint density at radius 2 is 1.75 bits per heavy atom. The molecule has 4 heteroatoms. The number of nitriles is 2. The molecule has 0 fully saturated rings. The molecule has 0 saturated carbocycles. The average molecular weight is 335 g/mol. The van der Waals surface area contributed by atoms with Gasteiger partial charge in [0.25, 0.3) is 0 Å². The second-order valence-electron chi connectivity index (χ2n) is 5.81. The van der Waals surface area contributed by atoms with Crippen LogP contribution in [-0.2, 0) is 6.42 Å². The van der Waals surface area contributed by atoms with Crippen molar-refractivity contribution in [3.8, 4) is 12.1 Å². The normalized spacial score (nSPS) is 13.7. The van der Waals surface area contributed by atoms with Crippen LogP contribution in [0.25, 0.3) is 0 Å². The summed E-state index contributed by atoms with van der Waals surface area (Å²) in [5.41, 5.74) is 5.24. The minimum atomic E-state index is 0.147. The molecular weight excluding hydrogens is 314 g/mol. The predicted octanol–water partition coefficient (Wildman–Crippen LogP) is 4.91. The van der Waals surface area contributed by atoms with E-state index >= 15 is 0 Å². The topological polar surface area (TPSA) is 50.8 Å². The zero-order valence-electron chi connectivity index (χ0n) is 14.1. The first-order valence-electron chi connectivity index (χ1n) is 8.01. The van der Waals surface area contributed by atoms with E-state index in [2.05, 4.69) is 41.8 Å². The van der Waals surface area contributed by atoms with Crippen molar-refractivity contribution in [3.05, 3.63) is 64.5 Å². The second-order valence-corrected chi connectivity index (χ2v) is 6.26. The molecule has 0 aromatic heterocycles. The third-order valence-corrected chi connectivity index (χ3v) is 4.31. The molecule has 0 aliphatic carbocycles. The summed E-state index contributed by atoms with van der Waals surface area (Å²) in [6.45, 7) is 3.99. The summed E-state index contributed by atoms with van der Waals surface area (Å²) in [5.74, 6) is 0.921. The van der Waals surface area contributed by atoms with Crippen LogP contribution in [0.3, 0.4) is 0 Å². The lowest BCUT2D eigenvalue weighted by atomic mass is 10.0. The maximum atomic E-state index is 9.06. The SMILES string of the molecule is CC1=CC(=C(C#N)C#N)C=C(C)N1c1cccc(CCCCS)c1. The van der Waals surface area contributed by atoms with Gasteiger partial charge in [0.2, 0.25) is 0 Å². The van der Waals surface area contributed by atoms with Gasteiger partial charge in [-0.15, -0.1) is 0 Å². The Kier molecular flexibility index (Phi) is 6.29. The van der Waals surface area contributed by atoms with Crippen molar-refractivity contribution < 1.29 is 0 Å². The summed E-state index contributed by atoms with van der Waals surface area (Å²) >= 11 is 4.26. The van der Waals surface area contributed by atoms with Crippen LogP contribution in [0.2, 0.25) is 0 Å². The van der Waals surface area contributed by atoms with Gasteiger partial charge < -0.3 is 4.90 Å². The molecule has 0 N–H and O–H groups in total. The fraction of sp³-hybridized carbons (Fsp3) is 0.300. The Morgan fingerprint density at radius 1 is 1.08 bits per heavy atom. The first-order valence-corrected chi connectivity index (χ1v) is 8.65. The molecule has 1 heterocycles. The van der Waals surface area contributed by atoms with E-state index in [0.717, 1.165) is 42.1 Å². The summed E-state index contributed by atoms with van der Waals surface area (Å²) in [6.07, 6.45) is 7.09. The maximum Gasteiger partial charge on any atom is 0.137 e. The van der Waals surface area contributed by atoms with Crippen LogP contribution in [0, 0.1) is 22.7 Å². The van der Waals surface area contributed by atoms with Gasteiger partial charge in [0.05, 0.1) is 0 Å². The van der Waals surface area contributed by atoms with Gasteiger partial charge in [-0.25, -0.2) is 0 Å². The number of hydrogen-bond acceptors (Lipinski definition) is 4. The summed E-state index contributed by atoms with van der Waals surface area (Å²) in [6, 6.07) is 12.4. The van der Waals surface area contributed by atoms with E-state index in [0.29, 0.717) is 5.57 Å². The molecule has 1 aromatic carbocycles. The van der Waals surface area contributed by atoms with E-state index in [1.165, 1.54) is 5.56 Å². The van der Waals surface area contributed by atoms with Crippen LogP contribution in [0.5, 0.6) is 0 Å². The fourth-order valence-electron chi connectivity index (χ4n) is 2.90. The predicted molar refractivity (Wildman–Crippen MR) is 101 cm³/mol. The number of unbranched alkanes of at least 4 members (excludes halogenated alkanes) is 1. The molecule has 1 aliphatic rings. The van der Waals surface area contributed by atoms with E-state index in [9.17, 15) is 0 Å². The lowest BCUT2D eigenvalue weighted by Crippen LogP contribution is -2.21. The molecule has 0 radical (unpaired) electrons. The molecule has 3 nitrogen and oxygen atoms in total. The number of rotatable bonds is 5. The Balaban J connectivity index is 2.31. The quantitative estimate of drug-likeness (QED) is 0.472. The Labute approximate surface area is 149 Å². The monoisotopic (exact) mass is 335 g/mol. The van der Waals surface area contributed by atoms with E-state index in [4.69, 9.17) is 10.5 Å². The molecule has 1 aromatic rings. The highest BCUT2D eigenvalue weighted by molar-refractivity contribution is 7.80. The summed E-state index contributed by atoms with van der Waals surface area (Å²) in [4.78, 5) is 2.15. The van der Waals surface area contributed by atoms with Crippen LogP contribution in [-0.4, -0.2) is 5.75 Å². The van der Waals surface area contributed by atoms with Gasteiger partial charge in [0, 0.05) is 22.7 Å². The molecular formula is C20H21N3S. The number of hydrogen-bond donors (Lipinski definition) is 1. The van der Waals surface area contributed by atoms with Gasteiger partial charge in [0.15, 0.2) is 0 Å². The molecule has 0 saturated heterocycles. The van der Waals surface area contributed by atoms with Crippen LogP contribution < -0.4 is 4.90 Å². The van der Waals surface area contributed by atoms with Crippen LogP contribution >= 0.6 is 12.6 Å². The van der Waals surface area contributed by atoms with Gasteiger partial charge in [-0.05, 0) is 68.7 Å². The standard InChI is InChI=1S/C20H21N3S/c1-15-10-18(19(13-21)14-22)11-16(2)23(15)20-8-5-7-17(12-20)6-3-4-9-24/h5,7-8,10-12,24H,3-4,6,9H2,1-2H3. The van der Waals surface area contributed by atoms with E-state index in [1.54, 1.807) is 0 Å². The minimum absolute atomic E-state index is 0.147. The Morgan fingerprint density at radius 3 is 2.33 bits per heavy atom. The molecule has 0 unspecified atom stereocenters. The zero-order chi connectivity index (χ0) is 17.5. The van der Waals surface area contributed by atoms with Crippen LogP contribution in [0.1, 0.15) is 32.3 Å². The lowest BCUT2D eigenvalue weighted by molar-refractivity contribution is 0.803. The molecule has 24 heavy (non-hydrogen) atoms. The third-order valence-electron chi connectivity index (χ3n) is 3.99. The largest absolute Gasteiger partial charge is 0.318 e. The van der Waals surface area contributed by atoms with Crippen molar-refractivity contribution in [2.45, 2.75) is 33.1 Å². The van der Waals surface area contributed by atoms with Gasteiger partial charge in [-0.2, -0.15) is 23.2 Å². The zero-order valence-corrected chi connectivity index (χ0v) is 15.0. The Bertz CT molecular complexity index is 750.